The van der Waals surface area contributed by atoms with E-state index < -0.39 is 6.10 Å². The highest BCUT2D eigenvalue weighted by atomic mass is 16.5. The number of ether oxygens (including phenoxy) is 1. The number of benzene rings is 2. The van der Waals surface area contributed by atoms with E-state index in [0.717, 1.165) is 38.0 Å². The quantitative estimate of drug-likeness (QED) is 0.664. The standard InChI is InChI=1S/C24H31N3O3/c1-3-27(4-2)17-19-12-10-18(11-13-19)16-25-23(28)20-7-5-8-21(15-20)26-24(29)22-9-6-14-30-22/h5,7-8,10-13,15,22H,3-4,6,9,14,16-17H2,1-2H3,(H,25,28)(H,26,29). The van der Waals surface area contributed by atoms with Crippen molar-refractivity contribution in [3.05, 3.63) is 65.2 Å². The second-order valence-corrected chi connectivity index (χ2v) is 7.53. The largest absolute Gasteiger partial charge is 0.368 e. The van der Waals surface area contributed by atoms with Gasteiger partial charge in [-0.1, -0.05) is 44.2 Å². The van der Waals surface area contributed by atoms with Crippen molar-refractivity contribution in [3.63, 3.8) is 0 Å². The van der Waals surface area contributed by atoms with Crippen LogP contribution >= 0.6 is 0 Å². The van der Waals surface area contributed by atoms with Crippen LogP contribution in [0.15, 0.2) is 48.5 Å². The number of hydrogen-bond acceptors (Lipinski definition) is 4. The first kappa shape index (κ1) is 22.0. The molecule has 2 N–H and O–H groups in total. The Balaban J connectivity index is 1.52. The van der Waals surface area contributed by atoms with Gasteiger partial charge in [0.15, 0.2) is 0 Å². The van der Waals surface area contributed by atoms with E-state index in [2.05, 4.69) is 53.6 Å². The highest BCUT2D eigenvalue weighted by molar-refractivity contribution is 5.98. The lowest BCUT2D eigenvalue weighted by Gasteiger charge is -2.18. The molecule has 1 saturated heterocycles. The minimum atomic E-state index is -0.396. The van der Waals surface area contributed by atoms with Gasteiger partial charge in [0, 0.05) is 30.9 Å². The van der Waals surface area contributed by atoms with Crippen molar-refractivity contribution in [2.75, 3.05) is 25.0 Å². The van der Waals surface area contributed by atoms with E-state index in [1.54, 1.807) is 24.3 Å². The Kier molecular flexibility index (Phi) is 7.99. The zero-order valence-corrected chi connectivity index (χ0v) is 17.8. The summed E-state index contributed by atoms with van der Waals surface area (Å²) < 4.78 is 5.40. The van der Waals surface area contributed by atoms with E-state index in [1.165, 1.54) is 5.56 Å². The minimum absolute atomic E-state index is 0.158. The summed E-state index contributed by atoms with van der Waals surface area (Å²) in [6.07, 6.45) is 1.24. The maximum atomic E-state index is 12.5. The third kappa shape index (κ3) is 6.15. The maximum absolute atomic E-state index is 12.5. The van der Waals surface area contributed by atoms with Crippen LogP contribution in [0.25, 0.3) is 0 Å². The molecule has 2 aromatic rings. The van der Waals surface area contributed by atoms with Gasteiger partial charge in [-0.2, -0.15) is 0 Å². The number of amides is 2. The zero-order chi connectivity index (χ0) is 21.3. The number of nitrogens with one attached hydrogen (secondary N) is 2. The summed E-state index contributed by atoms with van der Waals surface area (Å²) in [5.74, 6) is -0.328. The summed E-state index contributed by atoms with van der Waals surface area (Å²) in [6, 6.07) is 15.3. The molecule has 0 aromatic heterocycles. The smallest absolute Gasteiger partial charge is 0.253 e. The van der Waals surface area contributed by atoms with Gasteiger partial charge >= 0.3 is 0 Å². The van der Waals surface area contributed by atoms with Gasteiger partial charge in [-0.3, -0.25) is 14.5 Å². The molecular formula is C24H31N3O3. The first-order chi connectivity index (χ1) is 14.6. The van der Waals surface area contributed by atoms with E-state index in [-0.39, 0.29) is 11.8 Å². The van der Waals surface area contributed by atoms with Crippen LogP contribution in [-0.2, 0) is 22.6 Å². The van der Waals surface area contributed by atoms with Crippen molar-refractivity contribution in [1.29, 1.82) is 0 Å². The van der Waals surface area contributed by atoms with Gasteiger partial charge in [-0.25, -0.2) is 0 Å². The number of carbonyl (C=O) groups excluding carboxylic acids is 2. The fourth-order valence-corrected chi connectivity index (χ4v) is 3.50. The molecule has 2 amide bonds. The number of rotatable bonds is 9. The lowest BCUT2D eigenvalue weighted by molar-refractivity contribution is -0.124. The summed E-state index contributed by atoms with van der Waals surface area (Å²) in [5, 5.41) is 5.78. The van der Waals surface area contributed by atoms with Gasteiger partial charge in [-0.15, -0.1) is 0 Å². The van der Waals surface area contributed by atoms with E-state index >= 15 is 0 Å². The van der Waals surface area contributed by atoms with Gasteiger partial charge in [0.1, 0.15) is 6.10 Å². The number of hydrogen-bond donors (Lipinski definition) is 2. The van der Waals surface area contributed by atoms with Crippen LogP contribution in [0, 0.1) is 0 Å². The molecule has 6 heteroatoms. The summed E-state index contributed by atoms with van der Waals surface area (Å²) in [6.45, 7) is 8.40. The summed E-state index contributed by atoms with van der Waals surface area (Å²) in [4.78, 5) is 27.1. The lowest BCUT2D eigenvalue weighted by Crippen LogP contribution is -2.27. The molecule has 1 aliphatic rings. The third-order valence-corrected chi connectivity index (χ3v) is 5.39. The Morgan fingerprint density at radius 1 is 1.07 bits per heavy atom. The first-order valence-electron chi connectivity index (χ1n) is 10.7. The number of carbonyl (C=O) groups is 2. The molecule has 1 unspecified atom stereocenters. The molecule has 2 aromatic carbocycles. The van der Waals surface area contributed by atoms with E-state index in [0.29, 0.717) is 24.4 Å². The average Bonchev–Trinajstić information content (AvgIpc) is 3.32. The van der Waals surface area contributed by atoms with Crippen LogP contribution in [0.4, 0.5) is 5.69 Å². The zero-order valence-electron chi connectivity index (χ0n) is 17.8. The molecule has 160 valence electrons. The molecule has 1 atom stereocenters. The molecule has 6 nitrogen and oxygen atoms in total. The summed E-state index contributed by atoms with van der Waals surface area (Å²) in [7, 11) is 0. The van der Waals surface area contributed by atoms with Crippen LogP contribution in [0.2, 0.25) is 0 Å². The molecule has 1 fully saturated rings. The molecule has 0 radical (unpaired) electrons. The predicted octanol–water partition coefficient (Wildman–Crippen LogP) is 3.58. The monoisotopic (exact) mass is 409 g/mol. The minimum Gasteiger partial charge on any atom is -0.368 e. The molecule has 1 heterocycles. The van der Waals surface area contributed by atoms with Crippen molar-refractivity contribution >= 4 is 17.5 Å². The molecule has 0 aliphatic carbocycles. The van der Waals surface area contributed by atoms with Crippen LogP contribution in [0.1, 0.15) is 48.2 Å². The Morgan fingerprint density at radius 2 is 1.80 bits per heavy atom. The predicted molar refractivity (Wildman–Crippen MR) is 118 cm³/mol. The van der Waals surface area contributed by atoms with Gasteiger partial charge in [-0.05, 0) is 55.3 Å². The number of anilines is 1. The van der Waals surface area contributed by atoms with E-state index in [1.807, 2.05) is 0 Å². The fourth-order valence-electron chi connectivity index (χ4n) is 3.50. The molecule has 3 rings (SSSR count). The van der Waals surface area contributed by atoms with Crippen molar-refractivity contribution in [1.82, 2.24) is 10.2 Å². The summed E-state index contributed by atoms with van der Waals surface area (Å²) in [5.41, 5.74) is 3.43. The summed E-state index contributed by atoms with van der Waals surface area (Å²) >= 11 is 0. The van der Waals surface area contributed by atoms with E-state index in [9.17, 15) is 9.59 Å². The second-order valence-electron chi connectivity index (χ2n) is 7.53. The lowest BCUT2D eigenvalue weighted by atomic mass is 10.1. The molecule has 0 bridgehead atoms. The SMILES string of the molecule is CCN(CC)Cc1ccc(CNC(=O)c2cccc(NC(=O)C3CCCO3)c2)cc1. The van der Waals surface area contributed by atoms with Crippen molar-refractivity contribution < 1.29 is 14.3 Å². The number of nitrogens with zero attached hydrogens (tertiary/aromatic N) is 1. The Bertz CT molecular complexity index is 841. The van der Waals surface area contributed by atoms with E-state index in [4.69, 9.17) is 4.74 Å². The molecule has 30 heavy (non-hydrogen) atoms. The topological polar surface area (TPSA) is 70.7 Å². The van der Waals surface area contributed by atoms with Crippen molar-refractivity contribution in [2.45, 2.75) is 45.9 Å². The average molecular weight is 410 g/mol. The maximum Gasteiger partial charge on any atom is 0.253 e. The van der Waals surface area contributed by atoms with Gasteiger partial charge in [0.25, 0.3) is 11.8 Å². The van der Waals surface area contributed by atoms with Crippen molar-refractivity contribution in [3.8, 4) is 0 Å². The van der Waals surface area contributed by atoms with Crippen LogP contribution < -0.4 is 10.6 Å². The fraction of sp³-hybridized carbons (Fsp3) is 0.417. The normalized spacial score (nSPS) is 15.9. The third-order valence-electron chi connectivity index (χ3n) is 5.39. The molecule has 0 saturated carbocycles. The first-order valence-corrected chi connectivity index (χ1v) is 10.7. The Labute approximate surface area is 178 Å². The Hall–Kier alpha value is -2.70. The van der Waals surface area contributed by atoms with Crippen LogP contribution in [-0.4, -0.2) is 42.5 Å². The molecule has 0 spiro atoms. The molecular weight excluding hydrogens is 378 g/mol. The Morgan fingerprint density at radius 3 is 2.47 bits per heavy atom. The molecule has 1 aliphatic heterocycles. The second kappa shape index (κ2) is 10.9. The van der Waals surface area contributed by atoms with Gasteiger partial charge in [0.05, 0.1) is 0 Å². The van der Waals surface area contributed by atoms with Gasteiger partial charge in [0.2, 0.25) is 0 Å². The highest BCUT2D eigenvalue weighted by Crippen LogP contribution is 2.16. The van der Waals surface area contributed by atoms with Gasteiger partial charge < -0.3 is 15.4 Å². The van der Waals surface area contributed by atoms with Crippen molar-refractivity contribution in [2.24, 2.45) is 0 Å². The van der Waals surface area contributed by atoms with Crippen LogP contribution in [0.3, 0.4) is 0 Å². The van der Waals surface area contributed by atoms with Crippen LogP contribution in [0.5, 0.6) is 0 Å². The highest BCUT2D eigenvalue weighted by Gasteiger charge is 2.23.